The van der Waals surface area contributed by atoms with Crippen LogP contribution in [-0.4, -0.2) is 11.9 Å². The van der Waals surface area contributed by atoms with E-state index in [1.165, 1.54) is 0 Å². The van der Waals surface area contributed by atoms with E-state index < -0.39 is 0 Å². The van der Waals surface area contributed by atoms with Crippen LogP contribution < -0.4 is 11.1 Å². The van der Waals surface area contributed by atoms with Gasteiger partial charge in [0.2, 0.25) is 5.91 Å². The summed E-state index contributed by atoms with van der Waals surface area (Å²) in [5, 5.41) is 3.87. The monoisotopic (exact) mass is 302 g/mol. The van der Waals surface area contributed by atoms with E-state index >= 15 is 0 Å². The molecule has 1 heterocycles. The van der Waals surface area contributed by atoms with Crippen molar-refractivity contribution in [3.8, 4) is 0 Å². The van der Waals surface area contributed by atoms with Gasteiger partial charge in [-0.2, -0.15) is 0 Å². The van der Waals surface area contributed by atoms with Crippen molar-refractivity contribution in [2.45, 2.75) is 31.7 Å². The number of anilines is 1. The Kier molecular flexibility index (Phi) is 4.00. The first-order valence-electron chi connectivity index (χ1n) is 5.47. The third kappa shape index (κ3) is 3.06. The average Bonchev–Trinajstić information content (AvgIpc) is 2.65. The summed E-state index contributed by atoms with van der Waals surface area (Å²) in [6.07, 6.45) is 3.76. The van der Waals surface area contributed by atoms with E-state index in [4.69, 9.17) is 5.73 Å². The van der Waals surface area contributed by atoms with Crippen molar-refractivity contribution in [3.63, 3.8) is 0 Å². The third-order valence-corrected chi connectivity index (χ3v) is 4.50. The zero-order chi connectivity index (χ0) is 11.5. The van der Waals surface area contributed by atoms with Gasteiger partial charge < -0.3 is 11.1 Å². The number of hydrogen-bond donors (Lipinski definition) is 2. The molecule has 0 spiro atoms. The number of nitrogens with one attached hydrogen (secondary N) is 1. The second kappa shape index (κ2) is 5.29. The molecule has 1 aliphatic rings. The summed E-state index contributed by atoms with van der Waals surface area (Å²) in [5.41, 5.74) is 5.82. The molecule has 1 aromatic rings. The molecule has 3 nitrogen and oxygen atoms in total. The van der Waals surface area contributed by atoms with Gasteiger partial charge in [-0.15, -0.1) is 11.3 Å². The Hall–Kier alpha value is -0.390. The van der Waals surface area contributed by atoms with Crippen molar-refractivity contribution in [2.75, 3.05) is 5.32 Å². The fourth-order valence-electron chi connectivity index (χ4n) is 1.99. The van der Waals surface area contributed by atoms with Crippen LogP contribution in [0.25, 0.3) is 0 Å². The molecule has 1 aliphatic carbocycles. The maximum absolute atomic E-state index is 11.9. The number of carbonyl (C=O) groups excluding carboxylic acids is 1. The van der Waals surface area contributed by atoms with Gasteiger partial charge in [0.1, 0.15) is 0 Å². The van der Waals surface area contributed by atoms with Gasteiger partial charge in [-0.1, -0.05) is 0 Å². The molecule has 3 N–H and O–H groups in total. The Morgan fingerprint density at radius 2 is 2.06 bits per heavy atom. The van der Waals surface area contributed by atoms with Gasteiger partial charge in [-0.3, -0.25) is 4.79 Å². The van der Waals surface area contributed by atoms with Crippen LogP contribution in [-0.2, 0) is 4.79 Å². The standard InChI is InChI=1S/C11H15BrN2OS/c12-9-5-6-10(16-9)14-11(15)7-1-3-8(13)4-2-7/h5-8H,1-4,13H2,(H,14,15). The molecule has 5 heteroatoms. The molecule has 0 radical (unpaired) electrons. The molecular weight excluding hydrogens is 288 g/mol. The predicted octanol–water partition coefficient (Wildman–Crippen LogP) is 2.97. The summed E-state index contributed by atoms with van der Waals surface area (Å²) in [7, 11) is 0. The molecule has 16 heavy (non-hydrogen) atoms. The quantitative estimate of drug-likeness (QED) is 0.882. The van der Waals surface area contributed by atoms with Crippen molar-refractivity contribution < 1.29 is 4.79 Å². The lowest BCUT2D eigenvalue weighted by Gasteiger charge is -2.24. The molecule has 1 aromatic heterocycles. The molecule has 1 fully saturated rings. The SMILES string of the molecule is NC1CCC(C(=O)Nc2ccc(Br)s2)CC1. The zero-order valence-corrected chi connectivity index (χ0v) is 11.3. The Morgan fingerprint density at radius 1 is 1.38 bits per heavy atom. The van der Waals surface area contributed by atoms with Crippen LogP contribution in [0.3, 0.4) is 0 Å². The minimum absolute atomic E-state index is 0.140. The fourth-order valence-corrected chi connectivity index (χ4v) is 3.28. The van der Waals surface area contributed by atoms with Crippen LogP contribution in [0.15, 0.2) is 15.9 Å². The topological polar surface area (TPSA) is 55.1 Å². The molecule has 88 valence electrons. The first-order valence-corrected chi connectivity index (χ1v) is 7.08. The molecule has 0 aliphatic heterocycles. The van der Waals surface area contributed by atoms with Crippen LogP contribution in [0.2, 0.25) is 0 Å². The van der Waals surface area contributed by atoms with Crippen LogP contribution >= 0.6 is 27.3 Å². The van der Waals surface area contributed by atoms with Crippen LogP contribution in [0, 0.1) is 5.92 Å². The second-order valence-corrected chi connectivity index (χ2v) is 6.67. The lowest BCUT2D eigenvalue weighted by molar-refractivity contribution is -0.120. The van der Waals surface area contributed by atoms with Crippen LogP contribution in [0.1, 0.15) is 25.7 Å². The number of thiophene rings is 1. The Morgan fingerprint density at radius 3 is 2.62 bits per heavy atom. The Balaban J connectivity index is 1.88. The number of amides is 1. The molecule has 0 saturated heterocycles. The van der Waals surface area contributed by atoms with Gasteiger partial charge in [0, 0.05) is 12.0 Å². The van der Waals surface area contributed by atoms with E-state index in [0.717, 1.165) is 34.5 Å². The zero-order valence-electron chi connectivity index (χ0n) is 8.91. The van der Waals surface area contributed by atoms with Gasteiger partial charge in [-0.25, -0.2) is 0 Å². The Labute approximate surface area is 108 Å². The Bertz CT molecular complexity index is 372. The van der Waals surface area contributed by atoms with E-state index in [-0.39, 0.29) is 11.8 Å². The molecule has 2 rings (SSSR count). The number of halogens is 1. The van der Waals surface area contributed by atoms with Crippen molar-refractivity contribution in [1.82, 2.24) is 0 Å². The average molecular weight is 303 g/mol. The minimum atomic E-state index is 0.140. The summed E-state index contributed by atoms with van der Waals surface area (Å²) < 4.78 is 1.04. The highest BCUT2D eigenvalue weighted by Crippen LogP contribution is 2.29. The minimum Gasteiger partial charge on any atom is -0.328 e. The van der Waals surface area contributed by atoms with Gasteiger partial charge in [-0.05, 0) is 53.7 Å². The highest BCUT2D eigenvalue weighted by molar-refractivity contribution is 9.11. The van der Waals surface area contributed by atoms with Gasteiger partial charge in [0.25, 0.3) is 0 Å². The molecule has 1 amide bonds. The molecule has 0 bridgehead atoms. The van der Waals surface area contributed by atoms with Gasteiger partial charge >= 0.3 is 0 Å². The molecule has 0 unspecified atom stereocenters. The largest absolute Gasteiger partial charge is 0.328 e. The molecule has 0 atom stereocenters. The summed E-state index contributed by atoms with van der Waals surface area (Å²) in [6.45, 7) is 0. The number of hydrogen-bond acceptors (Lipinski definition) is 3. The summed E-state index contributed by atoms with van der Waals surface area (Å²) >= 11 is 4.92. The van der Waals surface area contributed by atoms with Crippen LogP contribution in [0.4, 0.5) is 5.00 Å². The second-order valence-electron chi connectivity index (χ2n) is 4.20. The fraction of sp³-hybridized carbons (Fsp3) is 0.545. The van der Waals surface area contributed by atoms with E-state index in [0.29, 0.717) is 6.04 Å². The third-order valence-electron chi connectivity index (χ3n) is 2.96. The lowest BCUT2D eigenvalue weighted by Crippen LogP contribution is -2.32. The normalized spacial score (nSPS) is 25.4. The lowest BCUT2D eigenvalue weighted by atomic mass is 9.86. The maximum Gasteiger partial charge on any atom is 0.228 e. The molecule has 0 aromatic carbocycles. The summed E-state index contributed by atoms with van der Waals surface area (Å²) in [6, 6.07) is 4.15. The predicted molar refractivity (Wildman–Crippen MR) is 70.6 cm³/mol. The first kappa shape index (κ1) is 12.1. The van der Waals surface area contributed by atoms with Crippen molar-refractivity contribution >= 4 is 38.2 Å². The smallest absolute Gasteiger partial charge is 0.228 e. The van der Waals surface area contributed by atoms with Crippen molar-refractivity contribution in [1.29, 1.82) is 0 Å². The number of carbonyl (C=O) groups is 1. The maximum atomic E-state index is 11.9. The number of nitrogens with two attached hydrogens (primary N) is 1. The van der Waals surface area contributed by atoms with Crippen LogP contribution in [0.5, 0.6) is 0 Å². The highest BCUT2D eigenvalue weighted by Gasteiger charge is 2.24. The van der Waals surface area contributed by atoms with Gasteiger partial charge in [0.05, 0.1) is 8.79 Å². The number of rotatable bonds is 2. The molecule has 1 saturated carbocycles. The van der Waals surface area contributed by atoms with E-state index in [9.17, 15) is 4.79 Å². The van der Waals surface area contributed by atoms with E-state index in [1.807, 2.05) is 12.1 Å². The highest BCUT2D eigenvalue weighted by atomic mass is 79.9. The first-order chi connectivity index (χ1) is 7.65. The van der Waals surface area contributed by atoms with E-state index in [1.54, 1.807) is 11.3 Å². The van der Waals surface area contributed by atoms with Crippen molar-refractivity contribution in [3.05, 3.63) is 15.9 Å². The van der Waals surface area contributed by atoms with E-state index in [2.05, 4.69) is 21.2 Å². The summed E-state index contributed by atoms with van der Waals surface area (Å²) in [5.74, 6) is 0.280. The van der Waals surface area contributed by atoms with Crippen molar-refractivity contribution in [2.24, 2.45) is 11.7 Å². The van der Waals surface area contributed by atoms with Gasteiger partial charge in [0.15, 0.2) is 0 Å². The summed E-state index contributed by atoms with van der Waals surface area (Å²) in [4.78, 5) is 11.9. The molecular formula is C11H15BrN2OS.